The SMILES string of the molecule is Cc1cccc(NC(=O)c2cc(-c3ccc(F)cc3F)ccc2OC(=O)c2cc(F)c(Cl)nc2Cl)c1. The number of benzene rings is 3. The molecule has 1 heterocycles. The highest BCUT2D eigenvalue weighted by Crippen LogP contribution is 2.31. The Balaban J connectivity index is 1.75. The number of hydrogen-bond donors (Lipinski definition) is 1. The molecule has 0 bridgehead atoms. The van der Waals surface area contributed by atoms with Crippen LogP contribution in [0.4, 0.5) is 18.9 Å². The summed E-state index contributed by atoms with van der Waals surface area (Å²) >= 11 is 11.5. The van der Waals surface area contributed by atoms with Crippen LogP contribution >= 0.6 is 23.2 Å². The number of carbonyl (C=O) groups excluding carboxylic acids is 2. The molecule has 0 unspecified atom stereocenters. The van der Waals surface area contributed by atoms with E-state index in [0.717, 1.165) is 17.7 Å². The Morgan fingerprint density at radius 2 is 1.64 bits per heavy atom. The Labute approximate surface area is 213 Å². The molecule has 10 heteroatoms. The molecule has 0 aliphatic rings. The fourth-order valence-electron chi connectivity index (χ4n) is 3.35. The first-order valence-corrected chi connectivity index (χ1v) is 11.1. The molecule has 1 amide bonds. The first kappa shape index (κ1) is 25.2. The van der Waals surface area contributed by atoms with Crippen LogP contribution in [0.5, 0.6) is 5.75 Å². The van der Waals surface area contributed by atoms with Crippen molar-refractivity contribution in [2.24, 2.45) is 0 Å². The van der Waals surface area contributed by atoms with Gasteiger partial charge in [0.1, 0.15) is 28.1 Å². The highest BCUT2D eigenvalue weighted by molar-refractivity contribution is 6.34. The maximum absolute atomic E-state index is 14.4. The Bertz CT molecular complexity index is 1510. The molecular formula is C26H15Cl2F3N2O3. The van der Waals surface area contributed by atoms with Gasteiger partial charge in [-0.2, -0.15) is 0 Å². The van der Waals surface area contributed by atoms with E-state index in [1.165, 1.54) is 24.3 Å². The lowest BCUT2D eigenvalue weighted by molar-refractivity contribution is 0.0732. The molecule has 4 aromatic rings. The van der Waals surface area contributed by atoms with E-state index in [1.807, 2.05) is 13.0 Å². The lowest BCUT2D eigenvalue weighted by Gasteiger charge is -2.14. The second kappa shape index (κ2) is 10.4. The Hall–Kier alpha value is -3.88. The van der Waals surface area contributed by atoms with E-state index >= 15 is 0 Å². The van der Waals surface area contributed by atoms with Gasteiger partial charge in [-0.05, 0) is 60.5 Å². The van der Waals surface area contributed by atoms with E-state index in [9.17, 15) is 22.8 Å². The summed E-state index contributed by atoms with van der Waals surface area (Å²) in [6.45, 7) is 1.84. The number of aromatic nitrogens is 1. The molecule has 0 spiro atoms. The number of ether oxygens (including phenoxy) is 1. The van der Waals surface area contributed by atoms with Crippen molar-refractivity contribution in [3.8, 4) is 16.9 Å². The van der Waals surface area contributed by atoms with Crippen LogP contribution < -0.4 is 10.1 Å². The fourth-order valence-corrected chi connectivity index (χ4v) is 3.75. The molecule has 0 aliphatic heterocycles. The second-order valence-electron chi connectivity index (χ2n) is 7.65. The molecule has 0 saturated carbocycles. The summed E-state index contributed by atoms with van der Waals surface area (Å²) in [4.78, 5) is 29.4. The largest absolute Gasteiger partial charge is 0.422 e. The first-order valence-electron chi connectivity index (χ1n) is 10.3. The van der Waals surface area contributed by atoms with E-state index in [0.29, 0.717) is 11.8 Å². The van der Waals surface area contributed by atoms with E-state index in [-0.39, 0.29) is 22.4 Å². The summed E-state index contributed by atoms with van der Waals surface area (Å²) in [6.07, 6.45) is 0. The summed E-state index contributed by atoms with van der Waals surface area (Å²) in [6, 6.07) is 14.6. The van der Waals surface area contributed by atoms with Crippen molar-refractivity contribution in [1.82, 2.24) is 4.98 Å². The van der Waals surface area contributed by atoms with Crippen LogP contribution in [-0.4, -0.2) is 16.9 Å². The lowest BCUT2D eigenvalue weighted by atomic mass is 10.0. The molecule has 0 aliphatic carbocycles. The maximum Gasteiger partial charge on any atom is 0.346 e. The van der Waals surface area contributed by atoms with Gasteiger partial charge in [0, 0.05) is 17.3 Å². The quantitative estimate of drug-likeness (QED) is 0.167. The van der Waals surface area contributed by atoms with Gasteiger partial charge in [-0.1, -0.05) is 41.4 Å². The minimum atomic E-state index is -1.10. The van der Waals surface area contributed by atoms with Crippen LogP contribution in [0.25, 0.3) is 11.1 Å². The van der Waals surface area contributed by atoms with E-state index < -0.39 is 45.2 Å². The Morgan fingerprint density at radius 1 is 0.861 bits per heavy atom. The molecule has 0 fully saturated rings. The first-order chi connectivity index (χ1) is 17.1. The molecule has 5 nitrogen and oxygen atoms in total. The Morgan fingerprint density at radius 3 is 2.36 bits per heavy atom. The van der Waals surface area contributed by atoms with Gasteiger partial charge < -0.3 is 10.1 Å². The molecule has 4 rings (SSSR count). The van der Waals surface area contributed by atoms with Crippen molar-refractivity contribution in [2.75, 3.05) is 5.32 Å². The highest BCUT2D eigenvalue weighted by atomic mass is 35.5. The van der Waals surface area contributed by atoms with E-state index in [4.69, 9.17) is 27.9 Å². The zero-order chi connectivity index (χ0) is 26.0. The van der Waals surface area contributed by atoms with Crippen LogP contribution in [0.1, 0.15) is 26.3 Å². The summed E-state index contributed by atoms with van der Waals surface area (Å²) in [5, 5.41) is 1.75. The number of halogens is 5. The van der Waals surface area contributed by atoms with Gasteiger partial charge in [-0.25, -0.2) is 22.9 Å². The van der Waals surface area contributed by atoms with Crippen molar-refractivity contribution < 1.29 is 27.5 Å². The molecule has 0 saturated heterocycles. The fraction of sp³-hybridized carbons (Fsp3) is 0.0385. The molecule has 0 radical (unpaired) electrons. The van der Waals surface area contributed by atoms with Crippen molar-refractivity contribution in [3.63, 3.8) is 0 Å². The number of nitrogens with zero attached hydrogens (tertiary/aromatic N) is 1. The van der Waals surface area contributed by atoms with Crippen molar-refractivity contribution in [3.05, 3.63) is 111 Å². The number of anilines is 1. The molecule has 182 valence electrons. The summed E-state index contributed by atoms with van der Waals surface area (Å²) in [7, 11) is 0. The minimum absolute atomic E-state index is 0.0194. The highest BCUT2D eigenvalue weighted by Gasteiger charge is 2.22. The van der Waals surface area contributed by atoms with Gasteiger partial charge in [0.15, 0.2) is 11.0 Å². The predicted molar refractivity (Wildman–Crippen MR) is 130 cm³/mol. The Kier molecular flexibility index (Phi) is 7.28. The zero-order valence-electron chi connectivity index (χ0n) is 18.4. The lowest BCUT2D eigenvalue weighted by Crippen LogP contribution is -2.17. The zero-order valence-corrected chi connectivity index (χ0v) is 19.9. The third-order valence-corrected chi connectivity index (χ3v) is 5.60. The average Bonchev–Trinajstić information content (AvgIpc) is 2.81. The average molecular weight is 531 g/mol. The van der Waals surface area contributed by atoms with Gasteiger partial charge in [0.25, 0.3) is 5.91 Å². The predicted octanol–water partition coefficient (Wildman–Crippen LogP) is 7.25. The molecule has 3 aromatic carbocycles. The van der Waals surface area contributed by atoms with Gasteiger partial charge in [0.2, 0.25) is 0 Å². The van der Waals surface area contributed by atoms with Gasteiger partial charge in [-0.15, -0.1) is 0 Å². The standard InChI is InChI=1S/C26H15Cl2F3N2O3/c1-13-3-2-4-16(9-13)32-25(34)18-10-14(17-7-6-15(29)11-20(17)30)5-8-22(18)36-26(35)19-12-21(31)24(28)33-23(19)27/h2-12H,1H3,(H,32,34). The summed E-state index contributed by atoms with van der Waals surface area (Å²) < 4.78 is 47.0. The maximum atomic E-state index is 14.4. The third kappa shape index (κ3) is 5.50. The normalized spacial score (nSPS) is 10.7. The number of hydrogen-bond acceptors (Lipinski definition) is 4. The molecular weight excluding hydrogens is 516 g/mol. The summed E-state index contributed by atoms with van der Waals surface area (Å²) in [5.74, 6) is -4.61. The molecule has 1 aromatic heterocycles. The van der Waals surface area contributed by atoms with Crippen LogP contribution in [0.3, 0.4) is 0 Å². The van der Waals surface area contributed by atoms with Crippen LogP contribution in [-0.2, 0) is 0 Å². The van der Waals surface area contributed by atoms with Crippen LogP contribution in [0.2, 0.25) is 10.3 Å². The van der Waals surface area contributed by atoms with Crippen molar-refractivity contribution >= 4 is 40.8 Å². The van der Waals surface area contributed by atoms with E-state index in [1.54, 1.807) is 18.2 Å². The van der Waals surface area contributed by atoms with Crippen LogP contribution in [0, 0.1) is 24.4 Å². The second-order valence-corrected chi connectivity index (χ2v) is 8.36. The number of pyridine rings is 1. The summed E-state index contributed by atoms with van der Waals surface area (Å²) in [5.41, 5.74) is 1.02. The number of nitrogens with one attached hydrogen (secondary N) is 1. The number of carbonyl (C=O) groups is 2. The topological polar surface area (TPSA) is 68.3 Å². The monoisotopic (exact) mass is 530 g/mol. The third-order valence-electron chi connectivity index (χ3n) is 5.05. The van der Waals surface area contributed by atoms with Gasteiger partial charge in [-0.3, -0.25) is 4.79 Å². The molecule has 36 heavy (non-hydrogen) atoms. The number of esters is 1. The smallest absolute Gasteiger partial charge is 0.346 e. The number of aryl methyl sites for hydroxylation is 1. The molecule has 1 N–H and O–H groups in total. The van der Waals surface area contributed by atoms with Gasteiger partial charge in [0.05, 0.1) is 5.56 Å². The minimum Gasteiger partial charge on any atom is -0.422 e. The van der Waals surface area contributed by atoms with Crippen molar-refractivity contribution in [1.29, 1.82) is 0 Å². The molecule has 0 atom stereocenters. The van der Waals surface area contributed by atoms with E-state index in [2.05, 4.69) is 10.3 Å². The van der Waals surface area contributed by atoms with Gasteiger partial charge >= 0.3 is 5.97 Å². The van der Waals surface area contributed by atoms with Crippen LogP contribution in [0.15, 0.2) is 66.7 Å². The number of amides is 1. The number of rotatable bonds is 5. The van der Waals surface area contributed by atoms with Crippen molar-refractivity contribution in [2.45, 2.75) is 6.92 Å².